The molecule has 4 rings (SSSR count). The lowest BCUT2D eigenvalue weighted by atomic mass is 9.77. The van der Waals surface area contributed by atoms with Crippen LogP contribution in [0.1, 0.15) is 78.1 Å². The third-order valence-electron chi connectivity index (χ3n) is 7.69. The van der Waals surface area contributed by atoms with Crippen LogP contribution >= 0.6 is 0 Å². The minimum absolute atomic E-state index is 0.178. The van der Waals surface area contributed by atoms with Gasteiger partial charge in [-0.1, -0.05) is 38.5 Å². The first-order valence-electron chi connectivity index (χ1n) is 12.4. The number of hydrogen-bond donors (Lipinski definition) is 2. The van der Waals surface area contributed by atoms with Gasteiger partial charge in [-0.05, 0) is 45.4 Å². The van der Waals surface area contributed by atoms with E-state index in [9.17, 15) is 4.79 Å². The number of nitrogens with one attached hydrogen (secondary N) is 2. The molecule has 1 aliphatic heterocycles. The average molecular weight is 429 g/mol. The second kappa shape index (κ2) is 10.2. The van der Waals surface area contributed by atoms with E-state index in [-0.39, 0.29) is 11.6 Å². The summed E-state index contributed by atoms with van der Waals surface area (Å²) in [4.78, 5) is 26.4. The molecule has 2 heterocycles. The van der Waals surface area contributed by atoms with Crippen molar-refractivity contribution in [1.82, 2.24) is 20.2 Å². The second-order valence-corrected chi connectivity index (χ2v) is 10.2. The van der Waals surface area contributed by atoms with Crippen molar-refractivity contribution in [1.29, 1.82) is 0 Å². The van der Waals surface area contributed by atoms with Gasteiger partial charge in [-0.25, -0.2) is 14.8 Å². The largest absolute Gasteiger partial charge is 0.354 e. The number of urea groups is 1. The molecule has 1 saturated heterocycles. The fourth-order valence-corrected chi connectivity index (χ4v) is 5.72. The van der Waals surface area contributed by atoms with Gasteiger partial charge < -0.3 is 10.2 Å². The molecule has 31 heavy (non-hydrogen) atoms. The van der Waals surface area contributed by atoms with Crippen LogP contribution in [0, 0.1) is 5.92 Å². The Morgan fingerprint density at radius 1 is 0.935 bits per heavy atom. The Morgan fingerprint density at radius 2 is 1.58 bits per heavy atom. The van der Waals surface area contributed by atoms with Gasteiger partial charge in [-0.3, -0.25) is 10.2 Å². The zero-order chi connectivity index (χ0) is 21.7. The van der Waals surface area contributed by atoms with Crippen molar-refractivity contribution in [2.75, 3.05) is 36.4 Å². The molecule has 172 valence electrons. The topological polar surface area (TPSA) is 73.4 Å². The highest BCUT2D eigenvalue weighted by molar-refractivity contribution is 5.89. The number of anilines is 2. The average Bonchev–Trinajstić information content (AvgIpc) is 2.80. The molecule has 7 heteroatoms. The fraction of sp³-hybridized carbons (Fsp3) is 0.792. The Hall–Kier alpha value is -1.89. The third kappa shape index (κ3) is 5.88. The fourth-order valence-electron chi connectivity index (χ4n) is 5.72. The van der Waals surface area contributed by atoms with E-state index < -0.39 is 0 Å². The smallest absolute Gasteiger partial charge is 0.320 e. The van der Waals surface area contributed by atoms with E-state index in [4.69, 9.17) is 0 Å². The summed E-state index contributed by atoms with van der Waals surface area (Å²) in [6.45, 7) is 8.42. The van der Waals surface area contributed by atoms with Crippen LogP contribution in [0.2, 0.25) is 0 Å². The number of rotatable bonds is 5. The van der Waals surface area contributed by atoms with Gasteiger partial charge in [0.05, 0.1) is 0 Å². The first-order valence-corrected chi connectivity index (χ1v) is 12.4. The normalized spacial score (nSPS) is 22.3. The van der Waals surface area contributed by atoms with E-state index >= 15 is 0 Å². The third-order valence-corrected chi connectivity index (χ3v) is 7.69. The van der Waals surface area contributed by atoms with Crippen molar-refractivity contribution in [3.8, 4) is 0 Å². The molecule has 2 N–H and O–H groups in total. The summed E-state index contributed by atoms with van der Waals surface area (Å²) in [5.74, 6) is 2.00. The van der Waals surface area contributed by atoms with Gasteiger partial charge in [-0.2, -0.15) is 0 Å². The minimum Gasteiger partial charge on any atom is -0.354 e. The lowest BCUT2D eigenvalue weighted by Crippen LogP contribution is -2.51. The minimum atomic E-state index is -0.212. The summed E-state index contributed by atoms with van der Waals surface area (Å²) in [5.41, 5.74) is -0.212. The number of nitrogens with zero attached hydrogens (tertiary/aromatic N) is 4. The summed E-state index contributed by atoms with van der Waals surface area (Å²) in [5, 5.41) is 6.12. The van der Waals surface area contributed by atoms with Crippen LogP contribution in [-0.2, 0) is 0 Å². The lowest BCUT2D eigenvalue weighted by Gasteiger charge is -2.41. The Kier molecular flexibility index (Phi) is 7.31. The van der Waals surface area contributed by atoms with Crippen molar-refractivity contribution in [2.45, 2.75) is 89.6 Å². The molecule has 0 spiro atoms. The van der Waals surface area contributed by atoms with Crippen LogP contribution in [-0.4, -0.2) is 58.7 Å². The first-order chi connectivity index (χ1) is 15.0. The van der Waals surface area contributed by atoms with E-state index in [2.05, 4.69) is 44.2 Å². The van der Waals surface area contributed by atoms with E-state index in [0.29, 0.717) is 11.7 Å². The van der Waals surface area contributed by atoms with Gasteiger partial charge in [0.15, 0.2) is 0 Å². The second-order valence-electron chi connectivity index (χ2n) is 10.2. The molecule has 0 unspecified atom stereocenters. The quantitative estimate of drug-likeness (QED) is 0.727. The Morgan fingerprint density at radius 3 is 2.26 bits per heavy atom. The molecular weight excluding hydrogens is 388 g/mol. The summed E-state index contributed by atoms with van der Waals surface area (Å²) in [7, 11) is 0. The van der Waals surface area contributed by atoms with E-state index in [0.717, 1.165) is 38.0 Å². The van der Waals surface area contributed by atoms with Gasteiger partial charge in [0.1, 0.15) is 18.0 Å². The highest BCUT2D eigenvalue weighted by atomic mass is 16.2. The summed E-state index contributed by atoms with van der Waals surface area (Å²) >= 11 is 0. The molecule has 1 aromatic rings. The number of hydrogen-bond acceptors (Lipinski definition) is 5. The molecule has 0 aromatic carbocycles. The van der Waals surface area contributed by atoms with Crippen LogP contribution in [0.3, 0.4) is 0 Å². The SMILES string of the molecule is CC(C)(NC(=O)Nc1cc(N2CCN(C3CCCCC3)CC2)ncn1)C1CCCCC1. The molecule has 0 atom stereocenters. The Balaban J connectivity index is 1.29. The van der Waals surface area contributed by atoms with Crippen LogP contribution in [0.15, 0.2) is 12.4 Å². The zero-order valence-electron chi connectivity index (χ0n) is 19.4. The molecule has 3 fully saturated rings. The number of piperazine rings is 1. The molecule has 0 radical (unpaired) electrons. The Bertz CT molecular complexity index is 719. The number of amides is 2. The molecular formula is C24H40N6O. The summed E-state index contributed by atoms with van der Waals surface area (Å²) < 4.78 is 0. The van der Waals surface area contributed by atoms with Crippen molar-refractivity contribution >= 4 is 17.7 Å². The standard InChI is InChI=1S/C24H40N6O/c1-24(2,19-9-5-3-6-10-19)28-23(31)27-21-17-22(26-18-25-21)30-15-13-29(14-16-30)20-11-7-4-8-12-20/h17-20H,3-16H2,1-2H3,(H2,25,26,27,28,31). The van der Waals surface area contributed by atoms with Crippen LogP contribution in [0.5, 0.6) is 0 Å². The summed E-state index contributed by atoms with van der Waals surface area (Å²) in [6, 6.07) is 2.50. The van der Waals surface area contributed by atoms with Crippen molar-refractivity contribution in [2.24, 2.45) is 5.92 Å². The van der Waals surface area contributed by atoms with Crippen LogP contribution in [0.25, 0.3) is 0 Å². The van der Waals surface area contributed by atoms with Crippen molar-refractivity contribution in [3.05, 3.63) is 12.4 Å². The van der Waals surface area contributed by atoms with Gasteiger partial charge >= 0.3 is 6.03 Å². The Labute approximate surface area is 187 Å². The lowest BCUT2D eigenvalue weighted by molar-refractivity contribution is 0.147. The molecule has 1 aromatic heterocycles. The first kappa shape index (κ1) is 22.3. The van der Waals surface area contributed by atoms with Crippen molar-refractivity contribution in [3.63, 3.8) is 0 Å². The molecule has 3 aliphatic rings. The van der Waals surface area contributed by atoms with Crippen LogP contribution < -0.4 is 15.5 Å². The number of carbonyl (C=O) groups excluding carboxylic acids is 1. The molecule has 7 nitrogen and oxygen atoms in total. The maximum absolute atomic E-state index is 12.7. The highest BCUT2D eigenvalue weighted by Gasteiger charge is 2.32. The maximum atomic E-state index is 12.7. The van der Waals surface area contributed by atoms with Crippen molar-refractivity contribution < 1.29 is 4.79 Å². The molecule has 2 amide bonds. The molecule has 0 bridgehead atoms. The van der Waals surface area contributed by atoms with Gasteiger partial charge in [0.25, 0.3) is 0 Å². The number of aromatic nitrogens is 2. The zero-order valence-corrected chi connectivity index (χ0v) is 19.4. The number of carbonyl (C=O) groups is 1. The van der Waals surface area contributed by atoms with Gasteiger partial charge in [-0.15, -0.1) is 0 Å². The monoisotopic (exact) mass is 428 g/mol. The summed E-state index contributed by atoms with van der Waals surface area (Å²) in [6.07, 6.45) is 14.7. The molecule has 2 saturated carbocycles. The van der Waals surface area contributed by atoms with E-state index in [1.54, 1.807) is 6.33 Å². The predicted molar refractivity (Wildman–Crippen MR) is 125 cm³/mol. The van der Waals surface area contributed by atoms with E-state index in [1.807, 2.05) is 6.07 Å². The highest BCUT2D eigenvalue weighted by Crippen LogP contribution is 2.32. The van der Waals surface area contributed by atoms with Gasteiger partial charge in [0.2, 0.25) is 0 Å². The van der Waals surface area contributed by atoms with Gasteiger partial charge in [0, 0.05) is 43.8 Å². The van der Waals surface area contributed by atoms with Crippen LogP contribution in [0.4, 0.5) is 16.4 Å². The maximum Gasteiger partial charge on any atom is 0.320 e. The predicted octanol–water partition coefficient (Wildman–Crippen LogP) is 4.41. The molecule has 2 aliphatic carbocycles. The van der Waals surface area contributed by atoms with E-state index in [1.165, 1.54) is 64.2 Å².